The summed E-state index contributed by atoms with van der Waals surface area (Å²) in [5, 5.41) is 3.00. The van der Waals surface area contributed by atoms with E-state index < -0.39 is 6.04 Å². The van der Waals surface area contributed by atoms with Crippen LogP contribution in [0.5, 0.6) is 5.75 Å². The zero-order valence-corrected chi connectivity index (χ0v) is 26.7. The van der Waals surface area contributed by atoms with Crippen molar-refractivity contribution >= 4 is 23.2 Å². The lowest BCUT2D eigenvalue weighted by atomic mass is 9.95. The van der Waals surface area contributed by atoms with Crippen LogP contribution in [0.1, 0.15) is 47.8 Å². The summed E-state index contributed by atoms with van der Waals surface area (Å²) in [5.41, 5.74) is 4.73. The fraction of sp³-hybridized carbons (Fsp3) is 0.216. The number of carbonyl (C=O) groups is 1. The number of rotatable bonds is 9. The van der Waals surface area contributed by atoms with E-state index in [9.17, 15) is 9.59 Å². The first-order chi connectivity index (χ1) is 21.5. The summed E-state index contributed by atoms with van der Waals surface area (Å²) < 4.78 is 20.3. The molecule has 2 aromatic heterocycles. The van der Waals surface area contributed by atoms with E-state index >= 15 is 4.39 Å². The fourth-order valence-corrected chi connectivity index (χ4v) is 5.80. The molecule has 3 aromatic carbocycles. The molecule has 1 N–H and O–H groups in total. The van der Waals surface area contributed by atoms with Gasteiger partial charge in [-0.05, 0) is 65.8 Å². The molecule has 0 saturated carbocycles. The number of aromatic nitrogens is 2. The number of hydrogen-bond donors (Lipinski definition) is 1. The fourth-order valence-electron chi connectivity index (χ4n) is 4.83. The maximum Gasteiger partial charge on any atom is 0.261 e. The molecule has 0 spiro atoms. The van der Waals surface area contributed by atoms with E-state index in [0.29, 0.717) is 33.8 Å². The van der Waals surface area contributed by atoms with Gasteiger partial charge in [0.25, 0.3) is 5.91 Å². The minimum Gasteiger partial charge on any atom is -0.497 e. The first-order valence-corrected chi connectivity index (χ1v) is 15.4. The van der Waals surface area contributed by atoms with Crippen molar-refractivity contribution in [3.05, 3.63) is 118 Å². The van der Waals surface area contributed by atoms with E-state index in [1.165, 1.54) is 17.4 Å². The average Bonchev–Trinajstić information content (AvgIpc) is 3.56. The summed E-state index contributed by atoms with van der Waals surface area (Å²) in [7, 11) is 1.61. The van der Waals surface area contributed by atoms with Crippen molar-refractivity contribution in [3.8, 4) is 39.4 Å². The number of nitrogens with zero attached hydrogens (tertiary/aromatic N) is 2. The number of halogens is 1. The average molecular weight is 620 g/mol. The second-order valence-corrected chi connectivity index (χ2v) is 12.9. The van der Waals surface area contributed by atoms with Crippen molar-refractivity contribution in [1.82, 2.24) is 15.3 Å². The Morgan fingerprint density at radius 1 is 0.911 bits per heavy atom. The second kappa shape index (κ2) is 13.4. The van der Waals surface area contributed by atoms with E-state index in [4.69, 9.17) is 4.74 Å². The molecule has 45 heavy (non-hydrogen) atoms. The van der Waals surface area contributed by atoms with Gasteiger partial charge in [-0.2, -0.15) is 0 Å². The highest BCUT2D eigenvalue weighted by Gasteiger charge is 2.22. The highest BCUT2D eigenvalue weighted by atomic mass is 32.1. The van der Waals surface area contributed by atoms with E-state index in [0.717, 1.165) is 32.9 Å². The molecule has 6 nitrogen and oxygen atoms in total. The first kappa shape index (κ1) is 31.5. The molecule has 0 fully saturated rings. The first-order valence-electron chi connectivity index (χ1n) is 14.5. The van der Waals surface area contributed by atoms with Crippen LogP contribution in [-0.4, -0.2) is 35.0 Å². The molecular formula is C37H34FN3O3S. The maximum absolute atomic E-state index is 15.1. The molecule has 0 aliphatic heterocycles. The molecule has 2 heterocycles. The van der Waals surface area contributed by atoms with E-state index in [-0.39, 0.29) is 17.1 Å². The van der Waals surface area contributed by atoms with Crippen molar-refractivity contribution in [2.45, 2.75) is 45.6 Å². The third-order valence-electron chi connectivity index (χ3n) is 7.57. The number of thiophene rings is 1. The highest BCUT2D eigenvalue weighted by molar-refractivity contribution is 7.14. The maximum atomic E-state index is 15.1. The van der Waals surface area contributed by atoms with Gasteiger partial charge in [0.15, 0.2) is 5.82 Å². The Kier molecular flexibility index (Phi) is 9.37. The van der Waals surface area contributed by atoms with Crippen LogP contribution >= 0.6 is 11.3 Å². The Morgan fingerprint density at radius 2 is 1.56 bits per heavy atom. The van der Waals surface area contributed by atoms with Gasteiger partial charge in [-0.1, -0.05) is 69.3 Å². The van der Waals surface area contributed by atoms with Crippen molar-refractivity contribution in [3.63, 3.8) is 0 Å². The van der Waals surface area contributed by atoms with Gasteiger partial charge in [0.05, 0.1) is 18.0 Å². The standard InChI is InChI=1S/C37H34FN3O3S/c1-23(22-42)32(41-36(43)33-16-17-34(45-33)37(2,3)4)18-24-6-8-26(9-7-24)35-39-20-28(21-40-35)30-15-12-27(19-31(30)38)25-10-13-29(44-5)14-11-25/h6-17,19-21,32H,18H2,1-5H3,(H,41,43)/t32-/m0/s1. The normalized spacial score (nSPS) is 11.9. The van der Waals surface area contributed by atoms with Crippen molar-refractivity contribution in [1.29, 1.82) is 0 Å². The molecule has 0 saturated heterocycles. The molecule has 0 bridgehead atoms. The van der Waals surface area contributed by atoms with Gasteiger partial charge in [0, 0.05) is 39.5 Å². The lowest BCUT2D eigenvalue weighted by molar-refractivity contribution is 0.0947. The minimum atomic E-state index is -0.498. The van der Waals surface area contributed by atoms with E-state index in [1.807, 2.05) is 72.7 Å². The van der Waals surface area contributed by atoms with Gasteiger partial charge in [-0.25, -0.2) is 19.2 Å². The van der Waals surface area contributed by atoms with Crippen molar-refractivity contribution < 1.29 is 18.7 Å². The van der Waals surface area contributed by atoms with E-state index in [1.54, 1.807) is 32.5 Å². The molecule has 1 amide bonds. The Balaban J connectivity index is 1.27. The lowest BCUT2D eigenvalue weighted by Crippen LogP contribution is -2.37. The molecule has 228 valence electrons. The molecule has 0 unspecified atom stereocenters. The number of benzene rings is 3. The predicted octanol–water partition coefficient (Wildman–Crippen LogP) is 8.10. The zero-order chi connectivity index (χ0) is 32.1. The summed E-state index contributed by atoms with van der Waals surface area (Å²) in [6.07, 6.45) is 3.65. The molecule has 5 aromatic rings. The van der Waals surface area contributed by atoms with Crippen molar-refractivity contribution in [2.75, 3.05) is 7.11 Å². The Hall–Kier alpha value is -4.91. The zero-order valence-electron chi connectivity index (χ0n) is 25.9. The minimum absolute atomic E-state index is 0.0485. The molecule has 1 atom stereocenters. The third kappa shape index (κ3) is 7.43. The monoisotopic (exact) mass is 619 g/mol. The van der Waals surface area contributed by atoms with Crippen molar-refractivity contribution in [2.24, 2.45) is 0 Å². The molecule has 8 heteroatoms. The van der Waals surface area contributed by atoms with E-state index in [2.05, 4.69) is 36.1 Å². The number of hydrogen-bond acceptors (Lipinski definition) is 6. The highest BCUT2D eigenvalue weighted by Crippen LogP contribution is 2.31. The van der Waals surface area contributed by atoms with Gasteiger partial charge in [-0.3, -0.25) is 4.79 Å². The Labute approximate surface area is 266 Å². The summed E-state index contributed by atoms with van der Waals surface area (Å²) >= 11 is 1.46. The van der Waals surface area contributed by atoms with Crippen LogP contribution in [0.4, 0.5) is 4.39 Å². The van der Waals surface area contributed by atoms with Crippen LogP contribution in [0.15, 0.2) is 96.8 Å². The Morgan fingerprint density at radius 3 is 2.13 bits per heavy atom. The van der Waals surface area contributed by atoms with Gasteiger partial charge >= 0.3 is 0 Å². The largest absolute Gasteiger partial charge is 0.497 e. The molecular weight excluding hydrogens is 585 g/mol. The predicted molar refractivity (Wildman–Crippen MR) is 178 cm³/mol. The summed E-state index contributed by atoms with van der Waals surface area (Å²) in [6.45, 7) is 7.99. The lowest BCUT2D eigenvalue weighted by Gasteiger charge is -2.18. The number of ether oxygens (including phenoxy) is 1. The Bertz CT molecular complexity index is 1850. The summed E-state index contributed by atoms with van der Waals surface area (Å²) in [4.78, 5) is 35.2. The topological polar surface area (TPSA) is 81.2 Å². The SMILES string of the molecule is COc1ccc(-c2ccc(-c3cnc(-c4ccc(C[C@H](NC(=O)c5ccc(C(C)(C)C)s5)C(C)=C=O)cc4)nc3)c(F)c2)cc1. The van der Waals surface area contributed by atoms with Gasteiger partial charge < -0.3 is 10.1 Å². The molecule has 0 aliphatic carbocycles. The number of amides is 1. The summed E-state index contributed by atoms with van der Waals surface area (Å²) in [5.74, 6) is 2.62. The van der Waals surface area contributed by atoms with Gasteiger partial charge in [0.1, 0.15) is 17.5 Å². The second-order valence-electron chi connectivity index (χ2n) is 11.8. The van der Waals surface area contributed by atoms with Crippen LogP contribution in [0, 0.1) is 5.82 Å². The molecule has 0 radical (unpaired) electrons. The quantitative estimate of drug-likeness (QED) is 0.169. The number of nitrogens with one attached hydrogen (secondary N) is 1. The smallest absolute Gasteiger partial charge is 0.261 e. The van der Waals surface area contributed by atoms with Gasteiger partial charge in [0.2, 0.25) is 0 Å². The van der Waals surface area contributed by atoms with Crippen LogP contribution in [0.3, 0.4) is 0 Å². The molecule has 5 rings (SSSR count). The third-order valence-corrected chi connectivity index (χ3v) is 9.07. The van der Waals surface area contributed by atoms with Gasteiger partial charge in [-0.15, -0.1) is 11.3 Å². The van der Waals surface area contributed by atoms with Crippen LogP contribution in [0.2, 0.25) is 0 Å². The summed E-state index contributed by atoms with van der Waals surface area (Å²) in [6, 6.07) is 23.5. The number of methoxy groups -OCH3 is 1. The van der Waals surface area contributed by atoms with Crippen LogP contribution < -0.4 is 10.1 Å². The van der Waals surface area contributed by atoms with Crippen LogP contribution in [-0.2, 0) is 16.6 Å². The van der Waals surface area contributed by atoms with Crippen LogP contribution in [0.25, 0.3) is 33.6 Å². The number of carbonyl (C=O) groups excluding carboxylic acids is 2. The molecule has 0 aliphatic rings.